The largest absolute Gasteiger partial charge is 0.313 e. The van der Waals surface area contributed by atoms with Crippen LogP contribution < -0.4 is 5.32 Å². The topological polar surface area (TPSA) is 12.0 Å². The van der Waals surface area contributed by atoms with Gasteiger partial charge in [0.2, 0.25) is 0 Å². The highest BCUT2D eigenvalue weighted by molar-refractivity contribution is 5.06. The molecule has 1 heteroatoms. The van der Waals surface area contributed by atoms with E-state index in [0.717, 1.165) is 29.7 Å². The average Bonchev–Trinajstić information content (AvgIpc) is 2.36. The Hall–Kier alpha value is -0.0400. The van der Waals surface area contributed by atoms with Crippen molar-refractivity contribution in [1.29, 1.82) is 0 Å². The molecule has 1 atom stereocenters. The first-order valence-corrected chi connectivity index (χ1v) is 9.34. The van der Waals surface area contributed by atoms with Gasteiger partial charge in [-0.25, -0.2) is 0 Å². The summed E-state index contributed by atoms with van der Waals surface area (Å²) in [6, 6.07) is 0.818. The molecule has 0 saturated heterocycles. The van der Waals surface area contributed by atoms with E-state index in [1.165, 1.54) is 25.8 Å². The van der Waals surface area contributed by atoms with Gasteiger partial charge < -0.3 is 5.32 Å². The van der Waals surface area contributed by atoms with Crippen LogP contribution in [0.2, 0.25) is 0 Å². The molecule has 0 radical (unpaired) electrons. The maximum Gasteiger partial charge on any atom is 0.0124 e. The third-order valence-electron chi connectivity index (χ3n) is 6.50. The Morgan fingerprint density at radius 1 is 0.950 bits per heavy atom. The zero-order valence-corrected chi connectivity index (χ0v) is 14.0. The first-order chi connectivity index (χ1) is 9.61. The van der Waals surface area contributed by atoms with E-state index in [1.54, 1.807) is 38.5 Å². The normalized spacial score (nSPS) is 40.5. The fourth-order valence-electron chi connectivity index (χ4n) is 6.05. The summed E-state index contributed by atoms with van der Waals surface area (Å²) in [5, 5.41) is 3.98. The van der Waals surface area contributed by atoms with Gasteiger partial charge in [-0.05, 0) is 93.4 Å². The minimum atomic E-state index is 0.693. The number of nitrogens with one attached hydrogen (secondary N) is 1. The second-order valence-electron chi connectivity index (χ2n) is 8.76. The fraction of sp³-hybridized carbons (Fsp3) is 1.00. The summed E-state index contributed by atoms with van der Waals surface area (Å²) in [5.74, 6) is 4.12. The van der Waals surface area contributed by atoms with Crippen LogP contribution in [0, 0.1) is 29.1 Å². The lowest BCUT2D eigenvalue weighted by Gasteiger charge is -2.60. The van der Waals surface area contributed by atoms with Gasteiger partial charge in [0.1, 0.15) is 0 Å². The maximum atomic E-state index is 3.98. The molecule has 116 valence electrons. The minimum Gasteiger partial charge on any atom is -0.313 e. The third-order valence-corrected chi connectivity index (χ3v) is 6.50. The molecule has 0 spiro atoms. The van der Waals surface area contributed by atoms with Crippen molar-refractivity contribution in [2.24, 2.45) is 29.1 Å². The van der Waals surface area contributed by atoms with E-state index in [0.29, 0.717) is 5.41 Å². The van der Waals surface area contributed by atoms with Crippen molar-refractivity contribution in [1.82, 2.24) is 5.32 Å². The molecular formula is C19H35N. The molecule has 4 aliphatic carbocycles. The van der Waals surface area contributed by atoms with E-state index < -0.39 is 0 Å². The molecule has 0 aromatic heterocycles. The molecule has 4 bridgehead atoms. The van der Waals surface area contributed by atoms with Crippen LogP contribution in [0.15, 0.2) is 0 Å². The van der Waals surface area contributed by atoms with Gasteiger partial charge in [0.05, 0.1) is 0 Å². The Balaban J connectivity index is 1.71. The zero-order valence-electron chi connectivity index (χ0n) is 14.0. The predicted molar refractivity (Wildman–Crippen MR) is 86.8 cm³/mol. The molecule has 4 fully saturated rings. The molecule has 4 rings (SSSR count). The number of hydrogen-bond acceptors (Lipinski definition) is 1. The molecule has 4 aliphatic rings. The Bertz CT molecular complexity index is 284. The van der Waals surface area contributed by atoms with Gasteiger partial charge in [0.15, 0.2) is 0 Å². The molecule has 0 aromatic carbocycles. The van der Waals surface area contributed by atoms with Gasteiger partial charge in [0, 0.05) is 6.04 Å². The van der Waals surface area contributed by atoms with Gasteiger partial charge >= 0.3 is 0 Å². The molecular weight excluding hydrogens is 242 g/mol. The van der Waals surface area contributed by atoms with E-state index >= 15 is 0 Å². The Kier molecular flexibility index (Phi) is 4.45. The van der Waals surface area contributed by atoms with Crippen LogP contribution in [-0.4, -0.2) is 12.6 Å². The number of hydrogen-bond donors (Lipinski definition) is 1. The van der Waals surface area contributed by atoms with Crippen molar-refractivity contribution in [3.05, 3.63) is 0 Å². The van der Waals surface area contributed by atoms with Gasteiger partial charge in [-0.1, -0.05) is 20.8 Å². The van der Waals surface area contributed by atoms with E-state index in [2.05, 4.69) is 26.1 Å². The van der Waals surface area contributed by atoms with Crippen LogP contribution >= 0.6 is 0 Å². The molecule has 0 amide bonds. The maximum absolute atomic E-state index is 3.98. The van der Waals surface area contributed by atoms with E-state index in [1.807, 2.05) is 0 Å². The van der Waals surface area contributed by atoms with E-state index in [9.17, 15) is 0 Å². The Labute approximate surface area is 126 Å². The molecule has 4 saturated carbocycles. The van der Waals surface area contributed by atoms with Gasteiger partial charge in [0.25, 0.3) is 0 Å². The summed E-state index contributed by atoms with van der Waals surface area (Å²) < 4.78 is 0. The van der Waals surface area contributed by atoms with Crippen molar-refractivity contribution in [3.8, 4) is 0 Å². The predicted octanol–water partition coefficient (Wildman–Crippen LogP) is 5.01. The lowest BCUT2D eigenvalue weighted by atomic mass is 9.47. The molecule has 1 N–H and O–H groups in total. The highest BCUT2D eigenvalue weighted by Crippen LogP contribution is 2.61. The van der Waals surface area contributed by atoms with Crippen molar-refractivity contribution in [2.45, 2.75) is 84.6 Å². The minimum absolute atomic E-state index is 0.693. The van der Waals surface area contributed by atoms with Crippen LogP contribution in [-0.2, 0) is 0 Å². The molecule has 0 aliphatic heterocycles. The van der Waals surface area contributed by atoms with Crippen molar-refractivity contribution in [2.75, 3.05) is 6.54 Å². The van der Waals surface area contributed by atoms with Crippen LogP contribution in [0.3, 0.4) is 0 Å². The average molecular weight is 277 g/mol. The van der Waals surface area contributed by atoms with Crippen molar-refractivity contribution < 1.29 is 0 Å². The standard InChI is InChI=1S/C19H35N/c1-4-7-20-18(6-5-14(2)3)19-11-15-8-16(12-19)10-17(9-15)13-19/h14-18,20H,4-13H2,1-3H3. The smallest absolute Gasteiger partial charge is 0.0124 e. The zero-order chi connectivity index (χ0) is 14.2. The second kappa shape index (κ2) is 5.99. The molecule has 20 heavy (non-hydrogen) atoms. The molecule has 0 aromatic rings. The van der Waals surface area contributed by atoms with Crippen LogP contribution in [0.4, 0.5) is 0 Å². The van der Waals surface area contributed by atoms with Crippen LogP contribution in [0.25, 0.3) is 0 Å². The number of rotatable bonds is 7. The Morgan fingerprint density at radius 2 is 1.50 bits per heavy atom. The summed E-state index contributed by atoms with van der Waals surface area (Å²) in [6.07, 6.45) is 13.5. The van der Waals surface area contributed by atoms with Crippen molar-refractivity contribution >= 4 is 0 Å². The lowest BCUT2D eigenvalue weighted by Crippen LogP contribution is -2.56. The summed E-state index contributed by atoms with van der Waals surface area (Å²) in [6.45, 7) is 8.31. The van der Waals surface area contributed by atoms with E-state index in [4.69, 9.17) is 0 Å². The first kappa shape index (κ1) is 14.9. The highest BCUT2D eigenvalue weighted by atomic mass is 14.9. The molecule has 0 heterocycles. The molecule has 1 nitrogen and oxygen atoms in total. The summed E-state index contributed by atoms with van der Waals surface area (Å²) in [5.41, 5.74) is 0.693. The monoisotopic (exact) mass is 277 g/mol. The summed E-state index contributed by atoms with van der Waals surface area (Å²) in [7, 11) is 0. The first-order valence-electron chi connectivity index (χ1n) is 9.34. The Morgan fingerprint density at radius 3 is 1.95 bits per heavy atom. The summed E-state index contributed by atoms with van der Waals surface area (Å²) in [4.78, 5) is 0. The van der Waals surface area contributed by atoms with E-state index in [-0.39, 0.29) is 0 Å². The lowest BCUT2D eigenvalue weighted by molar-refractivity contribution is -0.0758. The fourth-order valence-corrected chi connectivity index (χ4v) is 6.05. The quantitative estimate of drug-likeness (QED) is 0.690. The van der Waals surface area contributed by atoms with Gasteiger partial charge in [-0.15, -0.1) is 0 Å². The van der Waals surface area contributed by atoms with Crippen LogP contribution in [0.1, 0.15) is 78.6 Å². The SMILES string of the molecule is CCCNC(CCC(C)C)C12CC3CC(CC(C3)C1)C2. The van der Waals surface area contributed by atoms with Gasteiger partial charge in [-0.2, -0.15) is 0 Å². The van der Waals surface area contributed by atoms with Crippen molar-refractivity contribution in [3.63, 3.8) is 0 Å². The van der Waals surface area contributed by atoms with Gasteiger partial charge in [-0.3, -0.25) is 0 Å². The summed E-state index contributed by atoms with van der Waals surface area (Å²) >= 11 is 0. The highest BCUT2D eigenvalue weighted by Gasteiger charge is 2.53. The second-order valence-corrected chi connectivity index (χ2v) is 8.76. The molecule has 1 unspecified atom stereocenters. The van der Waals surface area contributed by atoms with Crippen LogP contribution in [0.5, 0.6) is 0 Å². The third kappa shape index (κ3) is 2.93.